The van der Waals surface area contributed by atoms with Crippen LogP contribution in [0.25, 0.3) is 0 Å². The largest absolute Gasteiger partial charge is 0.379 e. The summed E-state index contributed by atoms with van der Waals surface area (Å²) >= 11 is 1.61. The fraction of sp³-hybridized carbons (Fsp3) is 0.286. The van der Waals surface area contributed by atoms with Gasteiger partial charge in [-0.15, -0.1) is 0 Å². The van der Waals surface area contributed by atoms with Crippen molar-refractivity contribution in [3.63, 3.8) is 0 Å². The molecule has 0 spiro atoms. The van der Waals surface area contributed by atoms with E-state index in [4.69, 9.17) is 4.74 Å². The van der Waals surface area contributed by atoms with Gasteiger partial charge in [0.2, 0.25) is 5.95 Å². The molecule has 1 aliphatic rings. The van der Waals surface area contributed by atoms with Gasteiger partial charge in [-0.25, -0.2) is 14.8 Å². The maximum Gasteiger partial charge on any atom is 0.319 e. The molecule has 2 aromatic heterocycles. The first kappa shape index (κ1) is 20.3. The Hall–Kier alpha value is -3.01. The van der Waals surface area contributed by atoms with Gasteiger partial charge in [-0.2, -0.15) is 11.3 Å². The smallest absolute Gasteiger partial charge is 0.319 e. The lowest BCUT2D eigenvalue weighted by molar-refractivity contribution is 0.0388. The van der Waals surface area contributed by atoms with Crippen LogP contribution in [0.2, 0.25) is 0 Å². The van der Waals surface area contributed by atoms with Crippen LogP contribution >= 0.6 is 11.3 Å². The van der Waals surface area contributed by atoms with Crippen LogP contribution in [0.1, 0.15) is 0 Å². The Bertz CT molecular complexity index is 914. The molecule has 0 bridgehead atoms. The number of nitrogens with zero attached hydrogens (tertiary/aromatic N) is 4. The number of hydrogen-bond acceptors (Lipinski definition) is 7. The Morgan fingerprint density at radius 1 is 1.10 bits per heavy atom. The van der Waals surface area contributed by atoms with Crippen molar-refractivity contribution >= 4 is 40.4 Å². The van der Waals surface area contributed by atoms with Crippen molar-refractivity contribution in [3.8, 4) is 0 Å². The quantitative estimate of drug-likeness (QED) is 0.604. The summed E-state index contributed by atoms with van der Waals surface area (Å²) in [6, 6.07) is 11.2. The number of aromatic nitrogens is 2. The first-order valence-corrected chi connectivity index (χ1v) is 10.8. The van der Waals surface area contributed by atoms with Crippen LogP contribution in [0.4, 0.5) is 27.8 Å². The molecule has 9 heteroatoms. The molecule has 0 unspecified atom stereocenters. The SMILES string of the molecule is O=C(NCCN1CCOCC1)Nc1ccc(N(c2ccsc2)c2ncccn2)cc1. The van der Waals surface area contributed by atoms with Gasteiger partial charge in [0, 0.05) is 55.3 Å². The van der Waals surface area contributed by atoms with Crippen molar-refractivity contribution in [2.24, 2.45) is 0 Å². The number of carbonyl (C=O) groups excluding carboxylic acids is 1. The van der Waals surface area contributed by atoms with Crippen LogP contribution in [0.5, 0.6) is 0 Å². The van der Waals surface area contributed by atoms with E-state index in [0.29, 0.717) is 12.5 Å². The van der Waals surface area contributed by atoms with Gasteiger partial charge in [-0.05, 0) is 41.8 Å². The molecule has 8 nitrogen and oxygen atoms in total. The second-order valence-electron chi connectivity index (χ2n) is 6.75. The van der Waals surface area contributed by atoms with E-state index >= 15 is 0 Å². The number of nitrogens with one attached hydrogen (secondary N) is 2. The third-order valence-corrected chi connectivity index (χ3v) is 5.39. The summed E-state index contributed by atoms with van der Waals surface area (Å²) in [4.78, 5) is 25.2. The van der Waals surface area contributed by atoms with Gasteiger partial charge >= 0.3 is 6.03 Å². The first-order chi connectivity index (χ1) is 14.8. The summed E-state index contributed by atoms with van der Waals surface area (Å²) in [6.45, 7) is 4.76. The van der Waals surface area contributed by atoms with E-state index in [1.54, 1.807) is 29.8 Å². The number of hydrogen-bond donors (Lipinski definition) is 2. The Morgan fingerprint density at radius 3 is 2.57 bits per heavy atom. The Balaban J connectivity index is 1.36. The van der Waals surface area contributed by atoms with Crippen molar-refractivity contribution in [2.45, 2.75) is 0 Å². The molecule has 1 aromatic carbocycles. The molecule has 156 valence electrons. The number of anilines is 4. The van der Waals surface area contributed by atoms with Crippen molar-refractivity contribution < 1.29 is 9.53 Å². The average Bonchev–Trinajstić information content (AvgIpc) is 3.31. The second kappa shape index (κ2) is 10.1. The number of morpholine rings is 1. The Morgan fingerprint density at radius 2 is 1.87 bits per heavy atom. The molecule has 4 rings (SSSR count). The van der Waals surface area contributed by atoms with E-state index in [0.717, 1.165) is 49.9 Å². The maximum absolute atomic E-state index is 12.2. The molecule has 3 heterocycles. The minimum Gasteiger partial charge on any atom is -0.379 e. The number of ether oxygens (including phenoxy) is 1. The molecule has 2 N–H and O–H groups in total. The zero-order chi connectivity index (χ0) is 20.6. The average molecular weight is 425 g/mol. The van der Waals surface area contributed by atoms with Crippen molar-refractivity contribution in [2.75, 3.05) is 49.6 Å². The highest BCUT2D eigenvalue weighted by molar-refractivity contribution is 7.08. The summed E-state index contributed by atoms with van der Waals surface area (Å²) in [5, 5.41) is 9.84. The highest BCUT2D eigenvalue weighted by Crippen LogP contribution is 2.33. The topological polar surface area (TPSA) is 82.6 Å². The summed E-state index contributed by atoms with van der Waals surface area (Å²) in [5.41, 5.74) is 2.63. The third kappa shape index (κ3) is 5.32. The van der Waals surface area contributed by atoms with Gasteiger partial charge in [-0.1, -0.05) is 0 Å². The minimum absolute atomic E-state index is 0.211. The Labute approximate surface area is 179 Å². The summed E-state index contributed by atoms with van der Waals surface area (Å²) in [7, 11) is 0. The van der Waals surface area contributed by atoms with Crippen LogP contribution in [0.15, 0.2) is 59.6 Å². The monoisotopic (exact) mass is 424 g/mol. The molecule has 2 amide bonds. The standard InChI is InChI=1S/C21H24N6O2S/c28-21(24-9-10-26-11-13-29-14-12-26)25-17-2-4-18(5-3-17)27(19-6-15-30-16-19)20-22-7-1-8-23-20/h1-8,15-16H,9-14H2,(H2,24,25,28). The maximum atomic E-state index is 12.2. The normalized spacial score (nSPS) is 14.3. The lowest BCUT2D eigenvalue weighted by Crippen LogP contribution is -2.42. The molecule has 1 saturated heterocycles. The molecular formula is C21H24N6O2S. The van der Waals surface area contributed by atoms with E-state index in [1.807, 2.05) is 46.0 Å². The van der Waals surface area contributed by atoms with Crippen LogP contribution in [-0.4, -0.2) is 60.3 Å². The van der Waals surface area contributed by atoms with Crippen LogP contribution in [-0.2, 0) is 4.74 Å². The van der Waals surface area contributed by atoms with E-state index in [1.165, 1.54) is 0 Å². The highest BCUT2D eigenvalue weighted by Gasteiger charge is 2.15. The Kier molecular flexibility index (Phi) is 6.86. The van der Waals surface area contributed by atoms with Crippen molar-refractivity contribution in [1.29, 1.82) is 0 Å². The summed E-state index contributed by atoms with van der Waals surface area (Å²) in [6.07, 6.45) is 3.44. The summed E-state index contributed by atoms with van der Waals surface area (Å²) in [5.74, 6) is 0.595. The number of thiophene rings is 1. The molecule has 1 aliphatic heterocycles. The van der Waals surface area contributed by atoms with Gasteiger partial charge in [0.05, 0.1) is 18.9 Å². The highest BCUT2D eigenvalue weighted by atomic mass is 32.1. The van der Waals surface area contributed by atoms with E-state index < -0.39 is 0 Å². The fourth-order valence-electron chi connectivity index (χ4n) is 3.19. The molecule has 0 saturated carbocycles. The molecule has 1 fully saturated rings. The van der Waals surface area contributed by atoms with E-state index in [-0.39, 0.29) is 6.03 Å². The zero-order valence-corrected chi connectivity index (χ0v) is 17.3. The van der Waals surface area contributed by atoms with Crippen LogP contribution < -0.4 is 15.5 Å². The second-order valence-corrected chi connectivity index (χ2v) is 7.53. The first-order valence-electron chi connectivity index (χ1n) is 9.84. The summed E-state index contributed by atoms with van der Waals surface area (Å²) < 4.78 is 5.33. The molecular weight excluding hydrogens is 400 g/mol. The number of rotatable bonds is 7. The number of carbonyl (C=O) groups is 1. The van der Waals surface area contributed by atoms with Crippen LogP contribution in [0, 0.1) is 0 Å². The lowest BCUT2D eigenvalue weighted by atomic mass is 10.2. The predicted molar refractivity (Wildman–Crippen MR) is 119 cm³/mol. The number of urea groups is 1. The van der Waals surface area contributed by atoms with Gasteiger partial charge in [0.1, 0.15) is 0 Å². The molecule has 30 heavy (non-hydrogen) atoms. The van der Waals surface area contributed by atoms with Crippen molar-refractivity contribution in [1.82, 2.24) is 20.2 Å². The third-order valence-electron chi connectivity index (χ3n) is 4.72. The zero-order valence-electron chi connectivity index (χ0n) is 16.5. The minimum atomic E-state index is -0.211. The molecule has 0 aliphatic carbocycles. The van der Waals surface area contributed by atoms with Gasteiger partial charge in [0.25, 0.3) is 0 Å². The van der Waals surface area contributed by atoms with Gasteiger partial charge in [-0.3, -0.25) is 9.80 Å². The molecule has 3 aromatic rings. The van der Waals surface area contributed by atoms with Gasteiger partial charge < -0.3 is 15.4 Å². The van der Waals surface area contributed by atoms with Crippen LogP contribution in [0.3, 0.4) is 0 Å². The fourth-order valence-corrected chi connectivity index (χ4v) is 3.81. The number of benzene rings is 1. The van der Waals surface area contributed by atoms with E-state index in [9.17, 15) is 4.79 Å². The lowest BCUT2D eigenvalue weighted by Gasteiger charge is -2.26. The van der Waals surface area contributed by atoms with Gasteiger partial charge in [0.15, 0.2) is 0 Å². The number of amides is 2. The predicted octanol–water partition coefficient (Wildman–Crippen LogP) is 3.46. The van der Waals surface area contributed by atoms with Crippen molar-refractivity contribution in [3.05, 3.63) is 59.6 Å². The molecule has 0 atom stereocenters. The van der Waals surface area contributed by atoms with E-state index in [2.05, 4.69) is 25.5 Å². The molecule has 0 radical (unpaired) electrons.